The molecule has 0 spiro atoms. The summed E-state index contributed by atoms with van der Waals surface area (Å²) >= 11 is 1.72. The summed E-state index contributed by atoms with van der Waals surface area (Å²) in [6, 6.07) is 0.396. The molecule has 0 aliphatic carbocycles. The molecule has 20 heavy (non-hydrogen) atoms. The van der Waals surface area contributed by atoms with Crippen LogP contribution in [0.1, 0.15) is 51.2 Å². The van der Waals surface area contributed by atoms with Gasteiger partial charge in [-0.3, -0.25) is 4.99 Å². The first-order chi connectivity index (χ1) is 8.93. The summed E-state index contributed by atoms with van der Waals surface area (Å²) in [7, 11) is 1.79. The number of thiazole rings is 1. The maximum atomic E-state index is 4.60. The molecule has 0 saturated carbocycles. The molecule has 0 bridgehead atoms. The number of hydrogen-bond acceptors (Lipinski definition) is 3. The van der Waals surface area contributed by atoms with Crippen molar-refractivity contribution in [3.8, 4) is 0 Å². The van der Waals surface area contributed by atoms with Crippen LogP contribution in [-0.2, 0) is 6.54 Å². The van der Waals surface area contributed by atoms with E-state index in [1.165, 1.54) is 5.01 Å². The minimum atomic E-state index is 0. The standard InChI is InChI=1S/C14H26N4S.HI/c1-9(2)11(5)17-14(15-6)16-7-12-8-19-13(18-12)10(3)4;/h8-11H,7H2,1-6H3,(H2,15,16,17);1H. The molecule has 0 aliphatic rings. The van der Waals surface area contributed by atoms with E-state index in [4.69, 9.17) is 0 Å². The van der Waals surface area contributed by atoms with Crippen LogP contribution in [0.2, 0.25) is 0 Å². The highest BCUT2D eigenvalue weighted by molar-refractivity contribution is 14.0. The number of aromatic nitrogens is 1. The molecule has 1 aromatic heterocycles. The third-order valence-electron chi connectivity index (χ3n) is 3.09. The topological polar surface area (TPSA) is 49.3 Å². The minimum Gasteiger partial charge on any atom is -0.354 e. The monoisotopic (exact) mass is 410 g/mol. The van der Waals surface area contributed by atoms with E-state index in [0.29, 0.717) is 24.4 Å². The molecular formula is C14H27IN4S. The van der Waals surface area contributed by atoms with Gasteiger partial charge in [0.05, 0.1) is 17.2 Å². The maximum absolute atomic E-state index is 4.60. The van der Waals surface area contributed by atoms with E-state index in [1.807, 2.05) is 0 Å². The molecule has 116 valence electrons. The van der Waals surface area contributed by atoms with Gasteiger partial charge in [-0.25, -0.2) is 4.98 Å². The fourth-order valence-corrected chi connectivity index (χ4v) is 2.26. The number of aliphatic imine (C=N–C) groups is 1. The predicted molar refractivity (Wildman–Crippen MR) is 99.3 cm³/mol. The summed E-state index contributed by atoms with van der Waals surface area (Å²) in [4.78, 5) is 8.84. The molecule has 0 fully saturated rings. The fourth-order valence-electron chi connectivity index (χ4n) is 1.42. The molecule has 2 N–H and O–H groups in total. The van der Waals surface area contributed by atoms with Gasteiger partial charge < -0.3 is 10.6 Å². The number of rotatable bonds is 5. The maximum Gasteiger partial charge on any atom is 0.191 e. The van der Waals surface area contributed by atoms with Gasteiger partial charge in [0.15, 0.2) is 5.96 Å². The Morgan fingerprint density at radius 3 is 2.40 bits per heavy atom. The third-order valence-corrected chi connectivity index (χ3v) is 4.28. The molecule has 4 nitrogen and oxygen atoms in total. The molecule has 1 atom stereocenters. The lowest BCUT2D eigenvalue weighted by molar-refractivity contribution is 0.480. The average Bonchev–Trinajstić information content (AvgIpc) is 2.82. The zero-order valence-electron chi connectivity index (χ0n) is 13.2. The van der Waals surface area contributed by atoms with Crippen molar-refractivity contribution < 1.29 is 0 Å². The second-order valence-electron chi connectivity index (χ2n) is 5.43. The van der Waals surface area contributed by atoms with Crippen LogP contribution in [-0.4, -0.2) is 24.0 Å². The Balaban J connectivity index is 0.00000361. The van der Waals surface area contributed by atoms with Crippen LogP contribution in [0, 0.1) is 5.92 Å². The first-order valence-electron chi connectivity index (χ1n) is 6.85. The molecule has 0 aromatic carbocycles. The van der Waals surface area contributed by atoms with E-state index in [0.717, 1.165) is 11.7 Å². The molecule has 6 heteroatoms. The van der Waals surface area contributed by atoms with Gasteiger partial charge in [0, 0.05) is 24.4 Å². The smallest absolute Gasteiger partial charge is 0.191 e. The van der Waals surface area contributed by atoms with Gasteiger partial charge in [0.25, 0.3) is 0 Å². The second-order valence-corrected chi connectivity index (χ2v) is 6.32. The largest absolute Gasteiger partial charge is 0.354 e. The van der Waals surface area contributed by atoms with E-state index in [1.54, 1.807) is 18.4 Å². The van der Waals surface area contributed by atoms with E-state index in [9.17, 15) is 0 Å². The molecule has 1 rings (SSSR count). The normalized spacial score (nSPS) is 13.3. The van der Waals surface area contributed by atoms with Crippen molar-refractivity contribution in [2.45, 2.75) is 53.1 Å². The highest BCUT2D eigenvalue weighted by Crippen LogP contribution is 2.18. The third kappa shape index (κ3) is 6.39. The van der Waals surface area contributed by atoms with Gasteiger partial charge >= 0.3 is 0 Å². The van der Waals surface area contributed by atoms with E-state index >= 15 is 0 Å². The Labute approximate surface area is 143 Å². The Morgan fingerprint density at radius 2 is 1.95 bits per heavy atom. The molecular weight excluding hydrogens is 383 g/mol. The highest BCUT2D eigenvalue weighted by Gasteiger charge is 2.10. The molecule has 0 radical (unpaired) electrons. The van der Waals surface area contributed by atoms with Crippen LogP contribution >= 0.6 is 35.3 Å². The van der Waals surface area contributed by atoms with Crippen molar-refractivity contribution >= 4 is 41.3 Å². The van der Waals surface area contributed by atoms with Gasteiger partial charge in [-0.1, -0.05) is 27.7 Å². The Morgan fingerprint density at radius 1 is 1.30 bits per heavy atom. The van der Waals surface area contributed by atoms with Crippen molar-refractivity contribution in [1.29, 1.82) is 0 Å². The van der Waals surface area contributed by atoms with Crippen molar-refractivity contribution in [2.24, 2.45) is 10.9 Å². The number of hydrogen-bond donors (Lipinski definition) is 2. The van der Waals surface area contributed by atoms with Crippen LogP contribution < -0.4 is 10.6 Å². The molecule has 1 heterocycles. The summed E-state index contributed by atoms with van der Waals surface area (Å²) < 4.78 is 0. The van der Waals surface area contributed by atoms with Crippen LogP contribution in [0.3, 0.4) is 0 Å². The van der Waals surface area contributed by atoms with Crippen molar-refractivity contribution in [3.05, 3.63) is 16.1 Å². The lowest BCUT2D eigenvalue weighted by atomic mass is 10.1. The van der Waals surface area contributed by atoms with Gasteiger partial charge in [-0.05, 0) is 12.8 Å². The van der Waals surface area contributed by atoms with Gasteiger partial charge in [-0.15, -0.1) is 35.3 Å². The van der Waals surface area contributed by atoms with Gasteiger partial charge in [0.2, 0.25) is 0 Å². The lowest BCUT2D eigenvalue weighted by Gasteiger charge is -2.20. The van der Waals surface area contributed by atoms with Crippen molar-refractivity contribution in [1.82, 2.24) is 15.6 Å². The summed E-state index contributed by atoms with van der Waals surface area (Å²) in [5.41, 5.74) is 1.08. The zero-order valence-corrected chi connectivity index (χ0v) is 16.4. The van der Waals surface area contributed by atoms with E-state index in [-0.39, 0.29) is 24.0 Å². The van der Waals surface area contributed by atoms with Crippen LogP contribution in [0.5, 0.6) is 0 Å². The molecule has 0 amide bonds. The van der Waals surface area contributed by atoms with E-state index < -0.39 is 0 Å². The minimum absolute atomic E-state index is 0. The summed E-state index contributed by atoms with van der Waals surface area (Å²) in [5.74, 6) is 1.91. The lowest BCUT2D eigenvalue weighted by Crippen LogP contribution is -2.43. The average molecular weight is 410 g/mol. The first kappa shape index (κ1) is 19.6. The number of nitrogens with zero attached hydrogens (tertiary/aromatic N) is 2. The van der Waals surface area contributed by atoms with Crippen molar-refractivity contribution in [3.63, 3.8) is 0 Å². The molecule has 1 unspecified atom stereocenters. The van der Waals surface area contributed by atoms with Crippen LogP contribution in [0.15, 0.2) is 10.4 Å². The van der Waals surface area contributed by atoms with Gasteiger partial charge in [0.1, 0.15) is 0 Å². The molecule has 1 aromatic rings. The van der Waals surface area contributed by atoms with Gasteiger partial charge in [-0.2, -0.15) is 0 Å². The number of halogens is 1. The van der Waals surface area contributed by atoms with Crippen molar-refractivity contribution in [2.75, 3.05) is 7.05 Å². The van der Waals surface area contributed by atoms with Crippen LogP contribution in [0.4, 0.5) is 0 Å². The highest BCUT2D eigenvalue weighted by atomic mass is 127. The quantitative estimate of drug-likeness (QED) is 0.443. The Hall–Kier alpha value is -0.370. The summed E-state index contributed by atoms with van der Waals surface area (Å²) in [6.07, 6.45) is 0. The van der Waals surface area contributed by atoms with Crippen LogP contribution in [0.25, 0.3) is 0 Å². The SMILES string of the molecule is CN=C(NCc1csc(C(C)C)n1)NC(C)C(C)C.I. The number of nitrogens with one attached hydrogen (secondary N) is 2. The van der Waals surface area contributed by atoms with E-state index in [2.05, 4.69) is 60.6 Å². The zero-order chi connectivity index (χ0) is 14.4. The Kier molecular flexibility index (Phi) is 9.37. The fraction of sp³-hybridized carbons (Fsp3) is 0.714. The second kappa shape index (κ2) is 9.55. The predicted octanol–water partition coefficient (Wildman–Crippen LogP) is 3.59. The summed E-state index contributed by atoms with van der Waals surface area (Å²) in [6.45, 7) is 11.6. The summed E-state index contributed by atoms with van der Waals surface area (Å²) in [5, 5.41) is 9.99. The number of guanidine groups is 1. The molecule has 0 saturated heterocycles. The molecule has 0 aliphatic heterocycles. The first-order valence-corrected chi connectivity index (χ1v) is 7.73. The Bertz CT molecular complexity index is 415.